The van der Waals surface area contributed by atoms with E-state index in [4.69, 9.17) is 9.47 Å². The summed E-state index contributed by atoms with van der Waals surface area (Å²) in [6, 6.07) is 8.24. The number of aromatic nitrogens is 2. The van der Waals surface area contributed by atoms with Crippen LogP contribution >= 0.6 is 0 Å². The molecule has 7 heteroatoms. The molecule has 1 amide bonds. The standard InChI is InChI=1S/C17H19N3O4/c1-11(21)15(10-12-4-6-13(23-2)7-5-12)19-16(22)14-8-9-18-17(20-14)24-3/h4-9,15H,10H2,1-3H3,(H,19,22). The van der Waals surface area contributed by atoms with E-state index in [1.54, 1.807) is 7.11 Å². The molecule has 0 aliphatic carbocycles. The first-order valence-electron chi connectivity index (χ1n) is 7.34. The van der Waals surface area contributed by atoms with Gasteiger partial charge in [-0.05, 0) is 37.1 Å². The highest BCUT2D eigenvalue weighted by atomic mass is 16.5. The van der Waals surface area contributed by atoms with E-state index in [9.17, 15) is 9.59 Å². The van der Waals surface area contributed by atoms with Crippen LogP contribution in [0, 0.1) is 0 Å². The van der Waals surface area contributed by atoms with Crippen LogP contribution in [-0.2, 0) is 11.2 Å². The molecule has 0 saturated carbocycles. The largest absolute Gasteiger partial charge is 0.497 e. The van der Waals surface area contributed by atoms with Crippen molar-refractivity contribution in [2.75, 3.05) is 14.2 Å². The lowest BCUT2D eigenvalue weighted by atomic mass is 10.0. The van der Waals surface area contributed by atoms with Gasteiger partial charge >= 0.3 is 6.01 Å². The average Bonchev–Trinajstić information content (AvgIpc) is 2.61. The minimum absolute atomic E-state index is 0.0946. The first-order valence-corrected chi connectivity index (χ1v) is 7.34. The number of nitrogens with one attached hydrogen (secondary N) is 1. The van der Waals surface area contributed by atoms with Gasteiger partial charge in [0.15, 0.2) is 5.78 Å². The highest BCUT2D eigenvalue weighted by Crippen LogP contribution is 2.13. The smallest absolute Gasteiger partial charge is 0.316 e. The number of rotatable bonds is 7. The molecule has 0 aliphatic rings. The molecule has 1 atom stereocenters. The van der Waals surface area contributed by atoms with Gasteiger partial charge in [0.2, 0.25) is 0 Å². The first kappa shape index (κ1) is 17.4. The Hall–Kier alpha value is -2.96. The van der Waals surface area contributed by atoms with E-state index in [0.29, 0.717) is 6.42 Å². The second-order valence-corrected chi connectivity index (χ2v) is 5.12. The summed E-state index contributed by atoms with van der Waals surface area (Å²) < 4.78 is 10.00. The molecule has 126 valence electrons. The Labute approximate surface area is 140 Å². The molecular weight excluding hydrogens is 310 g/mol. The van der Waals surface area contributed by atoms with Gasteiger partial charge in [-0.25, -0.2) is 4.98 Å². The molecule has 1 aromatic heterocycles. The predicted octanol–water partition coefficient (Wildman–Crippen LogP) is 1.42. The fraction of sp³-hybridized carbons (Fsp3) is 0.294. The van der Waals surface area contributed by atoms with Crippen molar-refractivity contribution in [2.24, 2.45) is 0 Å². The van der Waals surface area contributed by atoms with Crippen molar-refractivity contribution in [2.45, 2.75) is 19.4 Å². The molecule has 0 spiro atoms. The van der Waals surface area contributed by atoms with Crippen molar-refractivity contribution in [3.05, 3.63) is 47.8 Å². The van der Waals surface area contributed by atoms with E-state index < -0.39 is 11.9 Å². The zero-order valence-electron chi connectivity index (χ0n) is 13.8. The maximum absolute atomic E-state index is 12.3. The Morgan fingerprint density at radius 2 is 1.83 bits per heavy atom. The van der Waals surface area contributed by atoms with Gasteiger partial charge in [0.25, 0.3) is 5.91 Å². The number of hydrogen-bond acceptors (Lipinski definition) is 6. The van der Waals surface area contributed by atoms with Crippen LogP contribution < -0.4 is 14.8 Å². The van der Waals surface area contributed by atoms with E-state index in [1.165, 1.54) is 26.3 Å². The van der Waals surface area contributed by atoms with E-state index in [0.717, 1.165) is 11.3 Å². The topological polar surface area (TPSA) is 90.4 Å². The number of Topliss-reactive ketones (excluding diaryl/α,β-unsaturated/α-hetero) is 1. The molecular formula is C17H19N3O4. The summed E-state index contributed by atoms with van der Waals surface area (Å²) in [6.07, 6.45) is 1.81. The molecule has 7 nitrogen and oxygen atoms in total. The molecule has 2 aromatic rings. The summed E-state index contributed by atoms with van der Waals surface area (Å²) in [7, 11) is 3.00. The average molecular weight is 329 g/mol. The third-order valence-corrected chi connectivity index (χ3v) is 3.44. The van der Waals surface area contributed by atoms with Crippen molar-refractivity contribution in [1.29, 1.82) is 0 Å². The molecule has 1 N–H and O–H groups in total. The molecule has 0 aliphatic heterocycles. The minimum atomic E-state index is -0.646. The second kappa shape index (κ2) is 8.05. The Bertz CT molecular complexity index is 716. The SMILES string of the molecule is COc1ccc(CC(NC(=O)c2ccnc(OC)n2)C(C)=O)cc1. The molecule has 0 bridgehead atoms. The van der Waals surface area contributed by atoms with Crippen LogP contribution in [0.1, 0.15) is 23.0 Å². The van der Waals surface area contributed by atoms with Gasteiger partial charge in [0, 0.05) is 6.20 Å². The van der Waals surface area contributed by atoms with Gasteiger partial charge < -0.3 is 14.8 Å². The van der Waals surface area contributed by atoms with Gasteiger partial charge in [-0.1, -0.05) is 12.1 Å². The summed E-state index contributed by atoms with van der Waals surface area (Å²) in [5, 5.41) is 2.70. The summed E-state index contributed by atoms with van der Waals surface area (Å²) >= 11 is 0. The molecule has 0 saturated heterocycles. The van der Waals surface area contributed by atoms with Crippen molar-refractivity contribution in [3.63, 3.8) is 0 Å². The Morgan fingerprint density at radius 3 is 2.42 bits per heavy atom. The van der Waals surface area contributed by atoms with E-state index >= 15 is 0 Å². The first-order chi connectivity index (χ1) is 11.5. The van der Waals surface area contributed by atoms with Crippen LogP contribution in [-0.4, -0.2) is 41.9 Å². The number of carbonyl (C=O) groups excluding carboxylic acids is 2. The molecule has 2 rings (SSSR count). The van der Waals surface area contributed by atoms with Crippen molar-refractivity contribution in [1.82, 2.24) is 15.3 Å². The minimum Gasteiger partial charge on any atom is -0.497 e. The lowest BCUT2D eigenvalue weighted by Gasteiger charge is -2.16. The quantitative estimate of drug-likeness (QED) is 0.826. The summed E-state index contributed by atoms with van der Waals surface area (Å²) in [5.74, 6) is 0.139. The number of nitrogens with zero attached hydrogens (tertiary/aromatic N) is 2. The Kier molecular flexibility index (Phi) is 5.83. The lowest BCUT2D eigenvalue weighted by Crippen LogP contribution is -2.41. The molecule has 1 heterocycles. The van der Waals surface area contributed by atoms with Crippen molar-refractivity contribution in [3.8, 4) is 11.8 Å². The molecule has 0 fully saturated rings. The van der Waals surface area contributed by atoms with E-state index in [-0.39, 0.29) is 17.5 Å². The third-order valence-electron chi connectivity index (χ3n) is 3.44. The highest BCUT2D eigenvalue weighted by molar-refractivity contribution is 5.96. The number of methoxy groups -OCH3 is 2. The summed E-state index contributed by atoms with van der Waals surface area (Å²) in [5.41, 5.74) is 1.05. The van der Waals surface area contributed by atoms with Gasteiger partial charge in [0.1, 0.15) is 11.4 Å². The normalized spacial score (nSPS) is 11.5. The molecule has 1 aromatic carbocycles. The van der Waals surface area contributed by atoms with Gasteiger partial charge in [-0.15, -0.1) is 0 Å². The van der Waals surface area contributed by atoms with Gasteiger partial charge in [-0.3, -0.25) is 9.59 Å². The second-order valence-electron chi connectivity index (χ2n) is 5.12. The van der Waals surface area contributed by atoms with Crippen LogP contribution in [0.15, 0.2) is 36.5 Å². The molecule has 24 heavy (non-hydrogen) atoms. The number of benzene rings is 1. The maximum atomic E-state index is 12.3. The van der Waals surface area contributed by atoms with Crippen molar-refractivity contribution >= 4 is 11.7 Å². The Morgan fingerprint density at radius 1 is 1.12 bits per heavy atom. The van der Waals surface area contributed by atoms with Crippen LogP contribution in [0.25, 0.3) is 0 Å². The number of carbonyl (C=O) groups is 2. The van der Waals surface area contributed by atoms with Gasteiger partial charge in [-0.2, -0.15) is 4.98 Å². The lowest BCUT2D eigenvalue weighted by molar-refractivity contribution is -0.118. The Balaban J connectivity index is 2.09. The van der Waals surface area contributed by atoms with Crippen LogP contribution in [0.2, 0.25) is 0 Å². The predicted molar refractivity (Wildman–Crippen MR) is 87.2 cm³/mol. The zero-order valence-corrected chi connectivity index (χ0v) is 13.8. The number of amides is 1. The monoisotopic (exact) mass is 329 g/mol. The number of ketones is 1. The zero-order chi connectivity index (χ0) is 17.5. The summed E-state index contributed by atoms with van der Waals surface area (Å²) in [4.78, 5) is 32.0. The third kappa shape index (κ3) is 4.52. The van der Waals surface area contributed by atoms with E-state index in [1.807, 2.05) is 24.3 Å². The van der Waals surface area contributed by atoms with Crippen LogP contribution in [0.3, 0.4) is 0 Å². The van der Waals surface area contributed by atoms with Crippen LogP contribution in [0.4, 0.5) is 0 Å². The summed E-state index contributed by atoms with van der Waals surface area (Å²) in [6.45, 7) is 1.44. The maximum Gasteiger partial charge on any atom is 0.316 e. The molecule has 1 unspecified atom stereocenters. The van der Waals surface area contributed by atoms with Crippen molar-refractivity contribution < 1.29 is 19.1 Å². The highest BCUT2D eigenvalue weighted by Gasteiger charge is 2.19. The number of ether oxygens (including phenoxy) is 2. The number of hydrogen-bond donors (Lipinski definition) is 1. The van der Waals surface area contributed by atoms with Crippen LogP contribution in [0.5, 0.6) is 11.8 Å². The fourth-order valence-corrected chi connectivity index (χ4v) is 2.09. The van der Waals surface area contributed by atoms with E-state index in [2.05, 4.69) is 15.3 Å². The van der Waals surface area contributed by atoms with Gasteiger partial charge in [0.05, 0.1) is 20.3 Å². The molecule has 0 radical (unpaired) electrons. The fourth-order valence-electron chi connectivity index (χ4n) is 2.09.